The number of β-amino-alcohol motifs (C(OH)–C–C–N with tert-alkyl or cyclic N) is 1. The fourth-order valence-electron chi connectivity index (χ4n) is 1.76. The number of nitrogens with one attached hydrogen (secondary N) is 1. The van der Waals surface area contributed by atoms with E-state index in [9.17, 15) is 9.90 Å². The molecular weight excluding hydrogens is 286 g/mol. The van der Waals surface area contributed by atoms with E-state index in [1.807, 2.05) is 24.3 Å². The molecule has 5 heteroatoms. The number of carbonyl (C=O) groups is 1. The maximum absolute atomic E-state index is 11.7. The Bertz CT molecular complexity index is 410. The Morgan fingerprint density at radius 3 is 2.94 bits per heavy atom. The lowest BCUT2D eigenvalue weighted by molar-refractivity contribution is -0.147. The number of esters is 1. The summed E-state index contributed by atoms with van der Waals surface area (Å²) in [5.74, 6) is -0.308. The third kappa shape index (κ3) is 3.28. The van der Waals surface area contributed by atoms with Crippen molar-refractivity contribution in [3.05, 3.63) is 34.3 Å². The first-order chi connectivity index (χ1) is 8.16. The van der Waals surface area contributed by atoms with Crippen LogP contribution in [-0.4, -0.2) is 29.8 Å². The van der Waals surface area contributed by atoms with Gasteiger partial charge in [-0.2, -0.15) is 0 Å². The molecule has 0 bridgehead atoms. The number of hydrogen-bond donors (Lipinski definition) is 2. The predicted molar refractivity (Wildman–Crippen MR) is 66.4 cm³/mol. The zero-order valence-corrected chi connectivity index (χ0v) is 10.8. The number of aliphatic hydroxyl groups excluding tert-OH is 1. The van der Waals surface area contributed by atoms with Crippen LogP contribution < -0.4 is 5.32 Å². The zero-order chi connectivity index (χ0) is 12.3. The van der Waals surface area contributed by atoms with E-state index in [-0.39, 0.29) is 18.6 Å². The van der Waals surface area contributed by atoms with Gasteiger partial charge in [0.2, 0.25) is 0 Å². The van der Waals surface area contributed by atoms with Crippen LogP contribution >= 0.6 is 15.9 Å². The second kappa shape index (κ2) is 5.62. The molecule has 1 fully saturated rings. The van der Waals surface area contributed by atoms with Gasteiger partial charge >= 0.3 is 5.97 Å². The summed E-state index contributed by atoms with van der Waals surface area (Å²) >= 11 is 3.39. The Morgan fingerprint density at radius 1 is 1.53 bits per heavy atom. The number of aliphatic hydroxyl groups is 1. The lowest BCUT2D eigenvalue weighted by Crippen LogP contribution is -2.32. The molecule has 4 nitrogen and oxygen atoms in total. The highest BCUT2D eigenvalue weighted by Gasteiger charge is 2.29. The molecule has 0 amide bonds. The van der Waals surface area contributed by atoms with Gasteiger partial charge in [-0.15, -0.1) is 0 Å². The van der Waals surface area contributed by atoms with E-state index >= 15 is 0 Å². The van der Waals surface area contributed by atoms with Gasteiger partial charge in [-0.25, -0.2) is 0 Å². The van der Waals surface area contributed by atoms with E-state index in [2.05, 4.69) is 21.2 Å². The Morgan fingerprint density at radius 2 is 2.29 bits per heavy atom. The molecule has 0 aliphatic carbocycles. The summed E-state index contributed by atoms with van der Waals surface area (Å²) in [6.45, 7) is 0.698. The number of benzene rings is 1. The van der Waals surface area contributed by atoms with E-state index in [4.69, 9.17) is 4.74 Å². The molecule has 2 N–H and O–H groups in total. The van der Waals surface area contributed by atoms with E-state index in [0.29, 0.717) is 13.0 Å². The minimum Gasteiger partial charge on any atom is -0.460 e. The van der Waals surface area contributed by atoms with Crippen molar-refractivity contribution in [3.63, 3.8) is 0 Å². The van der Waals surface area contributed by atoms with Gasteiger partial charge in [-0.3, -0.25) is 4.79 Å². The van der Waals surface area contributed by atoms with Crippen LogP contribution in [0.15, 0.2) is 28.7 Å². The van der Waals surface area contributed by atoms with Gasteiger partial charge in [0.05, 0.1) is 6.10 Å². The quantitative estimate of drug-likeness (QED) is 0.824. The Hall–Kier alpha value is -0.910. The second-order valence-corrected chi connectivity index (χ2v) is 4.90. The van der Waals surface area contributed by atoms with Gasteiger partial charge in [-0.1, -0.05) is 34.1 Å². The van der Waals surface area contributed by atoms with Crippen LogP contribution in [0.4, 0.5) is 0 Å². The summed E-state index contributed by atoms with van der Waals surface area (Å²) in [7, 11) is 0. The topological polar surface area (TPSA) is 58.6 Å². The van der Waals surface area contributed by atoms with Gasteiger partial charge in [0.1, 0.15) is 12.6 Å². The molecular formula is C12H14BrNO3. The standard InChI is InChI=1S/C12H14BrNO3/c13-10-4-2-1-3-8(10)7-17-12(16)11-5-9(15)6-14-11/h1-4,9,11,14-15H,5-7H2/t9?,11-/m0/s1. The van der Waals surface area contributed by atoms with Crippen molar-refractivity contribution < 1.29 is 14.6 Å². The molecule has 1 unspecified atom stereocenters. The molecule has 0 spiro atoms. The van der Waals surface area contributed by atoms with Gasteiger partial charge < -0.3 is 15.2 Å². The molecule has 0 aromatic heterocycles. The van der Waals surface area contributed by atoms with Crippen LogP contribution in [0.25, 0.3) is 0 Å². The molecule has 1 saturated heterocycles. The molecule has 2 rings (SSSR count). The lowest BCUT2D eigenvalue weighted by Gasteiger charge is -2.11. The lowest BCUT2D eigenvalue weighted by atomic mass is 10.2. The Balaban J connectivity index is 1.86. The number of ether oxygens (including phenoxy) is 1. The van der Waals surface area contributed by atoms with Crippen molar-refractivity contribution in [2.75, 3.05) is 6.54 Å². The second-order valence-electron chi connectivity index (χ2n) is 4.05. The minimum absolute atomic E-state index is 0.245. The maximum Gasteiger partial charge on any atom is 0.323 e. The van der Waals surface area contributed by atoms with Gasteiger partial charge in [0, 0.05) is 23.0 Å². The Kier molecular flexibility index (Phi) is 4.15. The number of carbonyl (C=O) groups excluding carboxylic acids is 1. The van der Waals surface area contributed by atoms with Crippen LogP contribution in [0, 0.1) is 0 Å². The number of rotatable bonds is 3. The van der Waals surface area contributed by atoms with Gasteiger partial charge in [0.25, 0.3) is 0 Å². The summed E-state index contributed by atoms with van der Waals surface area (Å²) in [4.78, 5) is 11.7. The first-order valence-electron chi connectivity index (χ1n) is 5.48. The van der Waals surface area contributed by atoms with E-state index in [1.165, 1.54) is 0 Å². The monoisotopic (exact) mass is 299 g/mol. The molecule has 1 aromatic rings. The molecule has 1 aliphatic rings. The molecule has 1 heterocycles. The highest BCUT2D eigenvalue weighted by Crippen LogP contribution is 2.17. The summed E-state index contributed by atoms with van der Waals surface area (Å²) in [6, 6.07) is 7.22. The van der Waals surface area contributed by atoms with Crippen LogP contribution in [-0.2, 0) is 16.1 Å². The normalized spacial score (nSPS) is 23.6. The summed E-state index contributed by atoms with van der Waals surface area (Å²) < 4.78 is 6.12. The minimum atomic E-state index is -0.448. The van der Waals surface area contributed by atoms with E-state index in [1.54, 1.807) is 0 Å². The van der Waals surface area contributed by atoms with E-state index in [0.717, 1.165) is 10.0 Å². The molecule has 17 heavy (non-hydrogen) atoms. The van der Waals surface area contributed by atoms with Crippen molar-refractivity contribution in [2.24, 2.45) is 0 Å². The van der Waals surface area contributed by atoms with Crippen molar-refractivity contribution >= 4 is 21.9 Å². The SMILES string of the molecule is O=C(OCc1ccccc1Br)[C@@H]1CC(O)CN1. The molecule has 1 aliphatic heterocycles. The fraction of sp³-hybridized carbons (Fsp3) is 0.417. The molecule has 92 valence electrons. The summed E-state index contributed by atoms with van der Waals surface area (Å²) in [5, 5.41) is 12.2. The molecule has 1 aromatic carbocycles. The molecule has 0 radical (unpaired) electrons. The van der Waals surface area contributed by atoms with Crippen LogP contribution in [0.1, 0.15) is 12.0 Å². The fourth-order valence-corrected chi connectivity index (χ4v) is 2.16. The van der Waals surface area contributed by atoms with Crippen LogP contribution in [0.2, 0.25) is 0 Å². The average molecular weight is 300 g/mol. The average Bonchev–Trinajstić information content (AvgIpc) is 2.74. The van der Waals surface area contributed by atoms with Gasteiger partial charge in [0.15, 0.2) is 0 Å². The predicted octanol–water partition coefficient (Wildman–Crippen LogP) is 1.22. The zero-order valence-electron chi connectivity index (χ0n) is 9.23. The third-order valence-electron chi connectivity index (χ3n) is 2.72. The van der Waals surface area contributed by atoms with Crippen molar-refractivity contribution in [1.82, 2.24) is 5.32 Å². The highest BCUT2D eigenvalue weighted by molar-refractivity contribution is 9.10. The maximum atomic E-state index is 11.7. The number of halogens is 1. The van der Waals surface area contributed by atoms with Crippen LogP contribution in [0.3, 0.4) is 0 Å². The molecule has 0 saturated carbocycles. The van der Waals surface area contributed by atoms with Crippen molar-refractivity contribution in [2.45, 2.75) is 25.2 Å². The largest absolute Gasteiger partial charge is 0.460 e. The highest BCUT2D eigenvalue weighted by atomic mass is 79.9. The molecule has 2 atom stereocenters. The first kappa shape index (κ1) is 12.5. The van der Waals surface area contributed by atoms with Crippen LogP contribution in [0.5, 0.6) is 0 Å². The van der Waals surface area contributed by atoms with Crippen molar-refractivity contribution in [1.29, 1.82) is 0 Å². The smallest absolute Gasteiger partial charge is 0.323 e. The summed E-state index contributed by atoms with van der Waals surface area (Å²) in [6.07, 6.45) is -0.0227. The van der Waals surface area contributed by atoms with Crippen molar-refractivity contribution in [3.8, 4) is 0 Å². The number of hydrogen-bond acceptors (Lipinski definition) is 4. The first-order valence-corrected chi connectivity index (χ1v) is 6.27. The van der Waals surface area contributed by atoms with Gasteiger partial charge in [-0.05, 0) is 6.07 Å². The Labute approximate surface area is 108 Å². The summed E-state index contributed by atoms with van der Waals surface area (Å²) in [5.41, 5.74) is 0.930. The van der Waals surface area contributed by atoms with E-state index < -0.39 is 6.10 Å². The third-order valence-corrected chi connectivity index (χ3v) is 3.49.